The van der Waals surface area contributed by atoms with Crippen molar-refractivity contribution in [3.05, 3.63) is 59.7 Å². The summed E-state index contributed by atoms with van der Waals surface area (Å²) in [6.45, 7) is 3.57. The van der Waals surface area contributed by atoms with Gasteiger partial charge >= 0.3 is 12.1 Å². The van der Waals surface area contributed by atoms with Crippen LogP contribution in [0.1, 0.15) is 56.6 Å². The van der Waals surface area contributed by atoms with Crippen LogP contribution in [-0.4, -0.2) is 53.2 Å². The van der Waals surface area contributed by atoms with Gasteiger partial charge in [-0.1, -0.05) is 55.0 Å². The monoisotopic (exact) mass is 464 g/mol. The summed E-state index contributed by atoms with van der Waals surface area (Å²) in [4.78, 5) is 38.2. The van der Waals surface area contributed by atoms with E-state index in [-0.39, 0.29) is 43.0 Å². The molecular formula is C27H32N2O5. The number of carboxylic acid groups (broad SMARTS) is 1. The summed E-state index contributed by atoms with van der Waals surface area (Å²) in [5, 5.41) is 12.1. The predicted molar refractivity (Wildman–Crippen MR) is 128 cm³/mol. The van der Waals surface area contributed by atoms with Gasteiger partial charge in [0.2, 0.25) is 5.91 Å². The molecule has 0 aliphatic heterocycles. The number of alkyl carbamates (subject to hydrolysis) is 1. The van der Waals surface area contributed by atoms with Crippen LogP contribution in [0.15, 0.2) is 48.5 Å². The minimum Gasteiger partial charge on any atom is -0.480 e. The molecule has 2 N–H and O–H groups in total. The number of rotatable bonds is 7. The van der Waals surface area contributed by atoms with E-state index in [2.05, 4.69) is 29.6 Å². The average molecular weight is 465 g/mol. The molecule has 0 radical (unpaired) electrons. The minimum atomic E-state index is -1.02. The van der Waals surface area contributed by atoms with Crippen LogP contribution in [0.25, 0.3) is 11.1 Å². The Morgan fingerprint density at radius 1 is 1.03 bits per heavy atom. The number of ether oxygens (including phenoxy) is 1. The Morgan fingerprint density at radius 2 is 1.65 bits per heavy atom. The second kappa shape index (κ2) is 10.3. The third-order valence-corrected chi connectivity index (χ3v) is 6.90. The number of carboxylic acids is 1. The highest BCUT2D eigenvalue weighted by Gasteiger charge is 2.33. The molecule has 2 aromatic carbocycles. The van der Waals surface area contributed by atoms with Crippen molar-refractivity contribution in [3.8, 4) is 11.1 Å². The summed E-state index contributed by atoms with van der Waals surface area (Å²) in [6, 6.07) is 16.0. The van der Waals surface area contributed by atoms with Crippen molar-refractivity contribution < 1.29 is 24.2 Å². The van der Waals surface area contributed by atoms with Crippen molar-refractivity contribution in [2.45, 2.75) is 57.5 Å². The summed E-state index contributed by atoms with van der Waals surface area (Å²) in [6.07, 6.45) is 2.28. The molecule has 2 aromatic rings. The third-order valence-electron chi connectivity index (χ3n) is 6.90. The highest BCUT2D eigenvalue weighted by Crippen LogP contribution is 2.44. The number of aliphatic carboxylic acids is 1. The van der Waals surface area contributed by atoms with Gasteiger partial charge in [-0.2, -0.15) is 0 Å². The van der Waals surface area contributed by atoms with Gasteiger partial charge in [-0.25, -0.2) is 4.79 Å². The number of hydrogen-bond acceptors (Lipinski definition) is 4. The van der Waals surface area contributed by atoms with Crippen LogP contribution in [0.4, 0.5) is 4.79 Å². The number of nitrogens with zero attached hydrogens (tertiary/aromatic N) is 1. The molecule has 0 unspecified atom stereocenters. The zero-order valence-electron chi connectivity index (χ0n) is 19.7. The molecule has 2 atom stereocenters. The molecule has 34 heavy (non-hydrogen) atoms. The number of hydrogen-bond donors (Lipinski definition) is 2. The smallest absolute Gasteiger partial charge is 0.407 e. The molecule has 7 heteroatoms. The minimum absolute atomic E-state index is 0.00514. The van der Waals surface area contributed by atoms with E-state index in [0.29, 0.717) is 12.8 Å². The Hall–Kier alpha value is -3.35. The molecule has 1 saturated carbocycles. The van der Waals surface area contributed by atoms with E-state index >= 15 is 0 Å². The van der Waals surface area contributed by atoms with Gasteiger partial charge in [0, 0.05) is 23.9 Å². The van der Waals surface area contributed by atoms with E-state index in [4.69, 9.17) is 9.84 Å². The van der Waals surface area contributed by atoms with Crippen LogP contribution in [0.3, 0.4) is 0 Å². The molecule has 0 saturated heterocycles. The van der Waals surface area contributed by atoms with Crippen LogP contribution in [0, 0.1) is 5.92 Å². The van der Waals surface area contributed by atoms with Crippen molar-refractivity contribution in [3.63, 3.8) is 0 Å². The van der Waals surface area contributed by atoms with Gasteiger partial charge in [0.05, 0.1) is 0 Å². The Balaban J connectivity index is 1.35. The van der Waals surface area contributed by atoms with Gasteiger partial charge in [0.1, 0.15) is 13.2 Å². The first-order chi connectivity index (χ1) is 16.3. The molecule has 2 aliphatic rings. The lowest BCUT2D eigenvalue weighted by Gasteiger charge is -2.34. The zero-order valence-corrected chi connectivity index (χ0v) is 19.7. The zero-order chi connectivity index (χ0) is 24.2. The van der Waals surface area contributed by atoms with Gasteiger partial charge in [-0.05, 0) is 55.4 Å². The summed E-state index contributed by atoms with van der Waals surface area (Å²) >= 11 is 0. The van der Waals surface area contributed by atoms with Gasteiger partial charge in [0.15, 0.2) is 0 Å². The van der Waals surface area contributed by atoms with Crippen molar-refractivity contribution in [1.29, 1.82) is 0 Å². The Bertz CT molecular complexity index is 1020. The van der Waals surface area contributed by atoms with Crippen molar-refractivity contribution in [1.82, 2.24) is 10.2 Å². The first-order valence-corrected chi connectivity index (χ1v) is 12.0. The van der Waals surface area contributed by atoms with Crippen molar-refractivity contribution >= 4 is 18.0 Å². The molecule has 180 valence electrons. The average Bonchev–Trinajstić information content (AvgIpc) is 3.14. The van der Waals surface area contributed by atoms with Crippen LogP contribution in [0.5, 0.6) is 0 Å². The molecule has 2 aliphatic carbocycles. The maximum Gasteiger partial charge on any atom is 0.407 e. The van der Waals surface area contributed by atoms with Crippen LogP contribution < -0.4 is 5.32 Å². The van der Waals surface area contributed by atoms with Crippen LogP contribution in [-0.2, 0) is 14.3 Å². The summed E-state index contributed by atoms with van der Waals surface area (Å²) in [7, 11) is 0. The molecular weight excluding hydrogens is 432 g/mol. The Kier molecular flexibility index (Phi) is 7.20. The molecule has 0 bridgehead atoms. The van der Waals surface area contributed by atoms with Gasteiger partial charge in [-0.3, -0.25) is 9.59 Å². The summed E-state index contributed by atoms with van der Waals surface area (Å²) in [5.41, 5.74) is 4.67. The maximum atomic E-state index is 13.0. The number of carbonyl (C=O) groups excluding carboxylic acids is 2. The van der Waals surface area contributed by atoms with E-state index in [9.17, 15) is 14.4 Å². The van der Waals surface area contributed by atoms with Gasteiger partial charge < -0.3 is 20.1 Å². The SMILES string of the molecule is CC(C)N(CC(=O)O)C(=O)[C@@H]1CCC[C@H](NC(=O)OCC2c3ccccc3-c3ccccc32)C1. The number of fused-ring (bicyclic) bond motifs is 3. The van der Waals surface area contributed by atoms with E-state index < -0.39 is 12.1 Å². The van der Waals surface area contributed by atoms with Gasteiger partial charge in [0.25, 0.3) is 0 Å². The first kappa shape index (κ1) is 23.8. The van der Waals surface area contributed by atoms with E-state index in [1.165, 1.54) is 16.0 Å². The van der Waals surface area contributed by atoms with Crippen molar-refractivity contribution in [2.24, 2.45) is 5.92 Å². The highest BCUT2D eigenvalue weighted by atomic mass is 16.5. The number of nitrogens with one attached hydrogen (secondary N) is 1. The maximum absolute atomic E-state index is 13.0. The topological polar surface area (TPSA) is 95.9 Å². The lowest BCUT2D eigenvalue weighted by molar-refractivity contribution is -0.148. The standard InChI is InChI=1S/C27H32N2O5/c1-17(2)29(15-25(30)31)26(32)18-8-7-9-19(14-18)28-27(33)34-16-24-22-12-5-3-10-20(22)21-11-4-6-13-23(21)24/h3-6,10-13,17-19,24H,7-9,14-16H2,1-2H3,(H,28,33)(H,30,31)/t18-,19+/m1/s1. The third kappa shape index (κ3) is 5.08. The molecule has 0 aromatic heterocycles. The lowest BCUT2D eigenvalue weighted by Crippen LogP contribution is -2.47. The fourth-order valence-corrected chi connectivity index (χ4v) is 5.25. The molecule has 4 rings (SSSR count). The molecule has 7 nitrogen and oxygen atoms in total. The van der Waals surface area contributed by atoms with E-state index in [0.717, 1.165) is 24.0 Å². The predicted octanol–water partition coefficient (Wildman–Crippen LogP) is 4.41. The number of benzene rings is 2. The highest BCUT2D eigenvalue weighted by molar-refractivity contribution is 5.83. The molecule has 2 amide bonds. The van der Waals surface area contributed by atoms with Gasteiger partial charge in [-0.15, -0.1) is 0 Å². The summed E-state index contributed by atoms with van der Waals surface area (Å²) in [5.74, 6) is -1.48. The largest absolute Gasteiger partial charge is 0.480 e. The van der Waals surface area contributed by atoms with E-state index in [1.54, 1.807) is 0 Å². The molecule has 0 heterocycles. The summed E-state index contributed by atoms with van der Waals surface area (Å²) < 4.78 is 5.65. The number of amides is 2. The first-order valence-electron chi connectivity index (χ1n) is 12.0. The number of carbonyl (C=O) groups is 3. The fourth-order valence-electron chi connectivity index (χ4n) is 5.25. The normalized spacial score (nSPS) is 19.3. The van der Waals surface area contributed by atoms with E-state index in [1.807, 2.05) is 38.1 Å². The van der Waals surface area contributed by atoms with Crippen molar-refractivity contribution in [2.75, 3.05) is 13.2 Å². The quantitative estimate of drug-likeness (QED) is 0.633. The van der Waals surface area contributed by atoms with Crippen LogP contribution in [0.2, 0.25) is 0 Å². The Labute approximate surface area is 200 Å². The second-order valence-corrected chi connectivity index (χ2v) is 9.48. The molecule has 1 fully saturated rings. The van der Waals surface area contributed by atoms with Crippen LogP contribution >= 0.6 is 0 Å². The lowest BCUT2D eigenvalue weighted by atomic mass is 9.84. The fraction of sp³-hybridized carbons (Fsp3) is 0.444. The second-order valence-electron chi connectivity index (χ2n) is 9.48. The Morgan fingerprint density at radius 3 is 2.24 bits per heavy atom. The molecule has 0 spiro atoms.